The van der Waals surface area contributed by atoms with E-state index in [1.54, 1.807) is 6.92 Å². The zero-order valence-corrected chi connectivity index (χ0v) is 12.2. The third-order valence-corrected chi connectivity index (χ3v) is 3.81. The molecule has 0 radical (unpaired) electrons. The SMILES string of the molecule is Cc1cnc(CNc2cccc(S(C)(=O)=O)c2[N+](=O)[O-])o1. The highest BCUT2D eigenvalue weighted by Gasteiger charge is 2.26. The third-order valence-electron chi connectivity index (χ3n) is 2.68. The molecule has 9 heteroatoms. The second-order valence-corrected chi connectivity index (χ2v) is 6.38. The number of anilines is 1. The number of hydrogen-bond donors (Lipinski definition) is 1. The van der Waals surface area contributed by atoms with Gasteiger partial charge in [-0.15, -0.1) is 0 Å². The number of para-hydroxylation sites is 1. The van der Waals surface area contributed by atoms with Crippen LogP contribution in [0, 0.1) is 17.0 Å². The molecule has 0 unspecified atom stereocenters. The van der Waals surface area contributed by atoms with E-state index in [1.165, 1.54) is 24.4 Å². The molecule has 0 aliphatic carbocycles. The van der Waals surface area contributed by atoms with Gasteiger partial charge in [-0.3, -0.25) is 10.1 Å². The molecule has 0 fully saturated rings. The number of nitro groups is 1. The van der Waals surface area contributed by atoms with Crippen molar-refractivity contribution < 1.29 is 17.8 Å². The molecule has 2 aromatic rings. The van der Waals surface area contributed by atoms with Crippen molar-refractivity contribution in [3.05, 3.63) is 46.2 Å². The Morgan fingerprint density at radius 1 is 1.43 bits per heavy atom. The van der Waals surface area contributed by atoms with Crippen LogP contribution < -0.4 is 5.32 Å². The lowest BCUT2D eigenvalue weighted by molar-refractivity contribution is -0.386. The van der Waals surface area contributed by atoms with Crippen LogP contribution in [0.5, 0.6) is 0 Å². The summed E-state index contributed by atoms with van der Waals surface area (Å²) in [6.45, 7) is 1.84. The van der Waals surface area contributed by atoms with Crippen LogP contribution in [0.4, 0.5) is 11.4 Å². The van der Waals surface area contributed by atoms with Crippen molar-refractivity contribution in [1.29, 1.82) is 0 Å². The largest absolute Gasteiger partial charge is 0.444 e. The van der Waals surface area contributed by atoms with Crippen molar-refractivity contribution in [2.24, 2.45) is 0 Å². The lowest BCUT2D eigenvalue weighted by atomic mass is 10.2. The molecule has 21 heavy (non-hydrogen) atoms. The first kappa shape index (κ1) is 15.0. The summed E-state index contributed by atoms with van der Waals surface area (Å²) in [5.41, 5.74) is -0.387. The average molecular weight is 311 g/mol. The van der Waals surface area contributed by atoms with Crippen LogP contribution in [0.3, 0.4) is 0 Å². The van der Waals surface area contributed by atoms with Gasteiger partial charge >= 0.3 is 5.69 Å². The van der Waals surface area contributed by atoms with Crippen molar-refractivity contribution in [3.8, 4) is 0 Å². The minimum atomic E-state index is -3.70. The van der Waals surface area contributed by atoms with E-state index in [0.717, 1.165) is 6.26 Å². The number of benzene rings is 1. The number of hydrogen-bond acceptors (Lipinski definition) is 7. The van der Waals surface area contributed by atoms with Crippen molar-refractivity contribution >= 4 is 21.2 Å². The summed E-state index contributed by atoms with van der Waals surface area (Å²) in [7, 11) is -3.70. The maximum absolute atomic E-state index is 11.6. The lowest BCUT2D eigenvalue weighted by Crippen LogP contribution is -2.07. The number of nitro benzene ring substituents is 1. The summed E-state index contributed by atoms with van der Waals surface area (Å²) in [4.78, 5) is 14.1. The van der Waals surface area contributed by atoms with E-state index in [1.807, 2.05) is 0 Å². The summed E-state index contributed by atoms with van der Waals surface area (Å²) in [5.74, 6) is 0.970. The average Bonchev–Trinajstić information content (AvgIpc) is 2.80. The van der Waals surface area contributed by atoms with Crippen molar-refractivity contribution in [1.82, 2.24) is 4.98 Å². The molecule has 0 spiro atoms. The van der Waals surface area contributed by atoms with Crippen LogP contribution in [0.25, 0.3) is 0 Å². The van der Waals surface area contributed by atoms with E-state index < -0.39 is 20.4 Å². The molecule has 0 aliphatic rings. The van der Waals surface area contributed by atoms with Crippen molar-refractivity contribution in [3.63, 3.8) is 0 Å². The Balaban J connectivity index is 2.37. The lowest BCUT2D eigenvalue weighted by Gasteiger charge is -2.08. The topological polar surface area (TPSA) is 115 Å². The van der Waals surface area contributed by atoms with Gasteiger partial charge in [-0.25, -0.2) is 13.4 Å². The Hall–Kier alpha value is -2.42. The number of nitrogens with zero attached hydrogens (tertiary/aromatic N) is 2. The number of aromatic nitrogens is 1. The Morgan fingerprint density at radius 3 is 2.67 bits per heavy atom. The second kappa shape index (κ2) is 5.52. The van der Waals surface area contributed by atoms with E-state index in [-0.39, 0.29) is 17.1 Å². The monoisotopic (exact) mass is 311 g/mol. The number of oxazole rings is 1. The first-order chi connectivity index (χ1) is 9.79. The van der Waals surface area contributed by atoms with Gasteiger partial charge < -0.3 is 9.73 Å². The molecule has 0 atom stereocenters. The van der Waals surface area contributed by atoms with Gasteiger partial charge in [0.25, 0.3) is 0 Å². The number of rotatable bonds is 5. The minimum Gasteiger partial charge on any atom is -0.444 e. The predicted octanol–water partition coefficient (Wildman–Crippen LogP) is 1.91. The molecule has 1 heterocycles. The molecule has 0 aliphatic heterocycles. The maximum atomic E-state index is 11.6. The van der Waals surface area contributed by atoms with Gasteiger partial charge in [0.2, 0.25) is 5.89 Å². The van der Waals surface area contributed by atoms with Gasteiger partial charge in [-0.05, 0) is 19.1 Å². The summed E-state index contributed by atoms with van der Waals surface area (Å²) < 4.78 is 28.5. The normalized spacial score (nSPS) is 11.3. The zero-order chi connectivity index (χ0) is 15.6. The smallest absolute Gasteiger partial charge is 0.310 e. The number of sulfone groups is 1. The van der Waals surface area contributed by atoms with Crippen molar-refractivity contribution in [2.75, 3.05) is 11.6 Å². The highest BCUT2D eigenvalue weighted by atomic mass is 32.2. The van der Waals surface area contributed by atoms with Crippen LogP contribution in [0.2, 0.25) is 0 Å². The second-order valence-electron chi connectivity index (χ2n) is 4.40. The molecule has 0 saturated carbocycles. The molecule has 2 rings (SSSR count). The predicted molar refractivity (Wildman–Crippen MR) is 74.8 cm³/mol. The molecule has 112 valence electrons. The Kier molecular flexibility index (Phi) is 3.94. The molecule has 8 nitrogen and oxygen atoms in total. The van der Waals surface area contributed by atoms with E-state index in [0.29, 0.717) is 11.7 Å². The van der Waals surface area contributed by atoms with E-state index >= 15 is 0 Å². The Labute approximate surface area is 120 Å². The molecule has 1 aromatic carbocycles. The number of nitrogens with one attached hydrogen (secondary N) is 1. The first-order valence-electron chi connectivity index (χ1n) is 5.91. The van der Waals surface area contributed by atoms with Crippen LogP contribution in [0.1, 0.15) is 11.7 Å². The summed E-state index contributed by atoms with van der Waals surface area (Å²) in [6.07, 6.45) is 2.45. The minimum absolute atomic E-state index is 0.0961. The zero-order valence-electron chi connectivity index (χ0n) is 11.4. The Bertz CT molecular complexity index is 782. The third kappa shape index (κ3) is 3.37. The molecule has 1 aromatic heterocycles. The highest BCUT2D eigenvalue weighted by Crippen LogP contribution is 2.32. The van der Waals surface area contributed by atoms with Crippen LogP contribution in [-0.2, 0) is 16.4 Å². The van der Waals surface area contributed by atoms with Crippen LogP contribution in [-0.4, -0.2) is 24.6 Å². The molecule has 0 amide bonds. The fourth-order valence-electron chi connectivity index (χ4n) is 1.81. The fraction of sp³-hybridized carbons (Fsp3) is 0.250. The molecular formula is C12H13N3O5S. The van der Waals surface area contributed by atoms with Gasteiger partial charge in [0.15, 0.2) is 9.84 Å². The number of aryl methyl sites for hydroxylation is 1. The van der Waals surface area contributed by atoms with Gasteiger partial charge in [-0.2, -0.15) is 0 Å². The van der Waals surface area contributed by atoms with Gasteiger partial charge in [-0.1, -0.05) is 6.07 Å². The molecule has 1 N–H and O–H groups in total. The quantitative estimate of drug-likeness (QED) is 0.662. The molecule has 0 saturated heterocycles. The summed E-state index contributed by atoms with van der Waals surface area (Å²) in [5, 5.41) is 13.9. The standard InChI is InChI=1S/C12H13N3O5S/c1-8-6-14-11(20-8)7-13-9-4-3-5-10(21(2,18)19)12(9)15(16)17/h3-6,13H,7H2,1-2H3. The summed E-state index contributed by atoms with van der Waals surface area (Å²) >= 11 is 0. The van der Waals surface area contributed by atoms with E-state index in [9.17, 15) is 18.5 Å². The molecular weight excluding hydrogens is 298 g/mol. The molecule has 0 bridgehead atoms. The van der Waals surface area contributed by atoms with E-state index in [2.05, 4.69) is 10.3 Å². The van der Waals surface area contributed by atoms with Gasteiger partial charge in [0, 0.05) is 6.26 Å². The van der Waals surface area contributed by atoms with Crippen LogP contribution >= 0.6 is 0 Å². The van der Waals surface area contributed by atoms with Crippen molar-refractivity contribution in [2.45, 2.75) is 18.4 Å². The Morgan fingerprint density at radius 2 is 2.14 bits per heavy atom. The fourth-order valence-corrected chi connectivity index (χ4v) is 2.67. The van der Waals surface area contributed by atoms with E-state index in [4.69, 9.17) is 4.42 Å². The van der Waals surface area contributed by atoms with Gasteiger partial charge in [0.05, 0.1) is 17.7 Å². The van der Waals surface area contributed by atoms with Crippen LogP contribution in [0.15, 0.2) is 33.7 Å². The maximum Gasteiger partial charge on any atom is 0.310 e. The summed E-state index contributed by atoms with van der Waals surface area (Å²) in [6, 6.07) is 4.07. The first-order valence-corrected chi connectivity index (χ1v) is 7.81. The highest BCUT2D eigenvalue weighted by molar-refractivity contribution is 7.90. The van der Waals surface area contributed by atoms with Gasteiger partial charge in [0.1, 0.15) is 16.3 Å².